The minimum atomic E-state index is -0.614. The van der Waals surface area contributed by atoms with Gasteiger partial charge >= 0.3 is 0 Å². The van der Waals surface area contributed by atoms with Gasteiger partial charge in [-0.25, -0.2) is 0 Å². The van der Waals surface area contributed by atoms with Gasteiger partial charge in [-0.2, -0.15) is 0 Å². The molecule has 0 bridgehead atoms. The van der Waals surface area contributed by atoms with Gasteiger partial charge in [0.05, 0.1) is 5.60 Å². The monoisotopic (exact) mass is 221 g/mol. The van der Waals surface area contributed by atoms with Gasteiger partial charge in [-0.15, -0.1) is 0 Å². The highest BCUT2D eigenvalue weighted by Crippen LogP contribution is 2.17. The Morgan fingerprint density at radius 1 is 1.38 bits per heavy atom. The van der Waals surface area contributed by atoms with Gasteiger partial charge in [-0.1, -0.05) is 31.2 Å². The fraction of sp³-hybridized carbons (Fsp3) is 0.571. The molecule has 2 N–H and O–H groups in total. The lowest BCUT2D eigenvalue weighted by Gasteiger charge is -2.25. The molecule has 0 aromatic heterocycles. The van der Waals surface area contributed by atoms with Crippen LogP contribution in [0.4, 0.5) is 0 Å². The van der Waals surface area contributed by atoms with Crippen LogP contribution in [0.15, 0.2) is 24.3 Å². The van der Waals surface area contributed by atoms with Crippen molar-refractivity contribution in [3.8, 4) is 0 Å². The molecule has 0 amide bonds. The van der Waals surface area contributed by atoms with Crippen molar-refractivity contribution >= 4 is 0 Å². The summed E-state index contributed by atoms with van der Waals surface area (Å²) in [6.07, 6.45) is 0.764. The number of rotatable bonds is 5. The van der Waals surface area contributed by atoms with Crippen molar-refractivity contribution in [1.82, 2.24) is 5.32 Å². The van der Waals surface area contributed by atoms with Crippen LogP contribution in [0.1, 0.15) is 44.4 Å². The van der Waals surface area contributed by atoms with Crippen LogP contribution in [0, 0.1) is 6.92 Å². The van der Waals surface area contributed by atoms with E-state index in [0.717, 1.165) is 6.42 Å². The third-order valence-electron chi connectivity index (χ3n) is 3.21. The van der Waals surface area contributed by atoms with Crippen LogP contribution in [0.2, 0.25) is 0 Å². The average molecular weight is 221 g/mol. The maximum absolute atomic E-state index is 9.93. The number of aliphatic hydroxyl groups is 1. The van der Waals surface area contributed by atoms with Gasteiger partial charge in [0.15, 0.2) is 0 Å². The molecule has 0 aliphatic rings. The van der Waals surface area contributed by atoms with Gasteiger partial charge in [0, 0.05) is 12.6 Å². The molecule has 0 heterocycles. The lowest BCUT2D eigenvalue weighted by molar-refractivity contribution is 0.0533. The molecule has 90 valence electrons. The second-order valence-corrected chi connectivity index (χ2v) is 4.81. The second kappa shape index (κ2) is 5.46. The van der Waals surface area contributed by atoms with E-state index in [4.69, 9.17) is 0 Å². The molecule has 0 radical (unpaired) electrons. The molecule has 1 rings (SSSR count). The molecule has 0 fully saturated rings. The molecule has 2 atom stereocenters. The van der Waals surface area contributed by atoms with E-state index in [1.165, 1.54) is 11.1 Å². The van der Waals surface area contributed by atoms with Crippen LogP contribution in [-0.2, 0) is 0 Å². The number of hydrogen-bond acceptors (Lipinski definition) is 2. The Bertz CT molecular complexity index is 333. The molecule has 1 unspecified atom stereocenters. The average Bonchev–Trinajstić information content (AvgIpc) is 2.27. The Balaban J connectivity index is 2.60. The standard InChI is InChI=1S/C14H23NO/c1-5-14(4,16)10-15-12(3)13-9-7-6-8-11(13)2/h6-9,12,15-16H,5,10H2,1-4H3/t12-,14?/m0/s1. The molecule has 16 heavy (non-hydrogen) atoms. The van der Waals surface area contributed by atoms with Gasteiger partial charge in [0.2, 0.25) is 0 Å². The van der Waals surface area contributed by atoms with Crippen molar-refractivity contribution in [3.63, 3.8) is 0 Å². The molecule has 0 saturated carbocycles. The Hall–Kier alpha value is -0.860. The molecule has 0 saturated heterocycles. The van der Waals surface area contributed by atoms with Crippen LogP contribution in [0.25, 0.3) is 0 Å². The van der Waals surface area contributed by atoms with Crippen molar-refractivity contribution in [3.05, 3.63) is 35.4 Å². The Kier molecular flexibility index (Phi) is 4.51. The van der Waals surface area contributed by atoms with Gasteiger partial charge in [0.25, 0.3) is 0 Å². The number of nitrogens with one attached hydrogen (secondary N) is 1. The number of benzene rings is 1. The Labute approximate surface area is 98.7 Å². The Morgan fingerprint density at radius 3 is 2.56 bits per heavy atom. The van der Waals surface area contributed by atoms with E-state index < -0.39 is 5.60 Å². The van der Waals surface area contributed by atoms with E-state index in [9.17, 15) is 5.11 Å². The predicted molar refractivity (Wildman–Crippen MR) is 68.5 cm³/mol. The molecule has 1 aromatic rings. The molecule has 0 spiro atoms. The first kappa shape index (κ1) is 13.2. The first-order chi connectivity index (χ1) is 7.46. The quantitative estimate of drug-likeness (QED) is 0.801. The smallest absolute Gasteiger partial charge is 0.0741 e. The third-order valence-corrected chi connectivity index (χ3v) is 3.21. The van der Waals surface area contributed by atoms with Gasteiger partial charge in [0.1, 0.15) is 0 Å². The first-order valence-electron chi connectivity index (χ1n) is 5.97. The Morgan fingerprint density at radius 2 is 2.00 bits per heavy atom. The number of aryl methyl sites for hydroxylation is 1. The zero-order valence-corrected chi connectivity index (χ0v) is 10.7. The summed E-state index contributed by atoms with van der Waals surface area (Å²) in [6.45, 7) is 8.74. The summed E-state index contributed by atoms with van der Waals surface area (Å²) >= 11 is 0. The van der Waals surface area contributed by atoms with Gasteiger partial charge < -0.3 is 10.4 Å². The van der Waals surface area contributed by atoms with Gasteiger partial charge in [-0.05, 0) is 38.3 Å². The summed E-state index contributed by atoms with van der Waals surface area (Å²) in [5.41, 5.74) is 1.98. The zero-order chi connectivity index (χ0) is 12.2. The third kappa shape index (κ3) is 3.62. The summed E-state index contributed by atoms with van der Waals surface area (Å²) in [7, 11) is 0. The highest BCUT2D eigenvalue weighted by atomic mass is 16.3. The summed E-state index contributed by atoms with van der Waals surface area (Å²) < 4.78 is 0. The summed E-state index contributed by atoms with van der Waals surface area (Å²) in [5, 5.41) is 13.3. The maximum atomic E-state index is 9.93. The fourth-order valence-corrected chi connectivity index (χ4v) is 1.68. The maximum Gasteiger partial charge on any atom is 0.0741 e. The van der Waals surface area contributed by atoms with Crippen LogP contribution in [-0.4, -0.2) is 17.3 Å². The van der Waals surface area contributed by atoms with Crippen LogP contribution >= 0.6 is 0 Å². The van der Waals surface area contributed by atoms with Crippen molar-refractivity contribution in [2.24, 2.45) is 0 Å². The minimum Gasteiger partial charge on any atom is -0.389 e. The topological polar surface area (TPSA) is 32.3 Å². The lowest BCUT2D eigenvalue weighted by atomic mass is 10.00. The highest BCUT2D eigenvalue weighted by Gasteiger charge is 2.18. The van der Waals surface area contributed by atoms with Crippen molar-refractivity contribution in [1.29, 1.82) is 0 Å². The normalized spacial score (nSPS) is 16.8. The van der Waals surface area contributed by atoms with Crippen LogP contribution in [0.5, 0.6) is 0 Å². The molecule has 0 aliphatic carbocycles. The molecule has 1 aromatic carbocycles. The minimum absolute atomic E-state index is 0.277. The SMILES string of the molecule is CCC(C)(O)CN[C@@H](C)c1ccccc1C. The summed E-state index contributed by atoms with van der Waals surface area (Å²) in [4.78, 5) is 0. The first-order valence-corrected chi connectivity index (χ1v) is 5.97. The fourth-order valence-electron chi connectivity index (χ4n) is 1.68. The van der Waals surface area contributed by atoms with E-state index in [1.807, 2.05) is 19.9 Å². The number of hydrogen-bond donors (Lipinski definition) is 2. The molecular formula is C14H23NO. The van der Waals surface area contributed by atoms with Crippen LogP contribution in [0.3, 0.4) is 0 Å². The van der Waals surface area contributed by atoms with E-state index in [-0.39, 0.29) is 6.04 Å². The van der Waals surface area contributed by atoms with Crippen LogP contribution < -0.4 is 5.32 Å². The zero-order valence-electron chi connectivity index (χ0n) is 10.7. The lowest BCUT2D eigenvalue weighted by Crippen LogP contribution is -2.38. The van der Waals surface area contributed by atoms with E-state index >= 15 is 0 Å². The molecule has 2 heteroatoms. The van der Waals surface area contributed by atoms with Crippen molar-refractivity contribution < 1.29 is 5.11 Å². The van der Waals surface area contributed by atoms with Crippen molar-refractivity contribution in [2.45, 2.75) is 45.8 Å². The predicted octanol–water partition coefficient (Wildman–Crippen LogP) is 2.81. The van der Waals surface area contributed by atoms with Gasteiger partial charge in [-0.3, -0.25) is 0 Å². The molecular weight excluding hydrogens is 198 g/mol. The van der Waals surface area contributed by atoms with E-state index in [2.05, 4.69) is 37.4 Å². The van der Waals surface area contributed by atoms with E-state index in [0.29, 0.717) is 6.54 Å². The largest absolute Gasteiger partial charge is 0.389 e. The van der Waals surface area contributed by atoms with E-state index in [1.54, 1.807) is 0 Å². The molecule has 0 aliphatic heterocycles. The highest BCUT2D eigenvalue weighted by molar-refractivity contribution is 5.28. The second-order valence-electron chi connectivity index (χ2n) is 4.81. The summed E-state index contributed by atoms with van der Waals surface area (Å²) in [5.74, 6) is 0. The molecule has 2 nitrogen and oxygen atoms in total. The van der Waals surface area contributed by atoms with Crippen molar-refractivity contribution in [2.75, 3.05) is 6.54 Å². The summed E-state index contributed by atoms with van der Waals surface area (Å²) in [6, 6.07) is 8.63.